The van der Waals surface area contributed by atoms with E-state index in [1.165, 1.54) is 0 Å². The lowest BCUT2D eigenvalue weighted by molar-refractivity contribution is -0.142. The van der Waals surface area contributed by atoms with Gasteiger partial charge in [0.2, 0.25) is 5.91 Å². The average Bonchev–Trinajstić information content (AvgIpc) is 2.71. The van der Waals surface area contributed by atoms with Gasteiger partial charge in [-0.05, 0) is 56.0 Å². The normalized spacial score (nSPS) is 11.7. The Kier molecular flexibility index (Phi) is 8.09. The fraction of sp³-hybridized carbons (Fsp3) is 0.391. The summed E-state index contributed by atoms with van der Waals surface area (Å²) >= 11 is 6.20. The molecular weight excluding hydrogens is 388 g/mol. The largest absolute Gasteiger partial charge is 0.484 e. The molecule has 0 spiro atoms. The van der Waals surface area contributed by atoms with Crippen LogP contribution in [0.1, 0.15) is 35.6 Å². The zero-order chi connectivity index (χ0) is 21.6. The van der Waals surface area contributed by atoms with Crippen LogP contribution in [-0.4, -0.2) is 36.4 Å². The Bertz CT molecular complexity index is 842. The number of amides is 2. The van der Waals surface area contributed by atoms with E-state index in [0.29, 0.717) is 23.7 Å². The van der Waals surface area contributed by atoms with E-state index in [9.17, 15) is 9.59 Å². The maximum Gasteiger partial charge on any atom is 0.261 e. The highest BCUT2D eigenvalue weighted by Gasteiger charge is 2.28. The van der Waals surface area contributed by atoms with Crippen LogP contribution < -0.4 is 10.1 Å². The van der Waals surface area contributed by atoms with Crippen LogP contribution >= 0.6 is 11.6 Å². The summed E-state index contributed by atoms with van der Waals surface area (Å²) in [6.45, 7) is 7.88. The Morgan fingerprint density at radius 2 is 1.69 bits per heavy atom. The highest BCUT2D eigenvalue weighted by atomic mass is 35.5. The van der Waals surface area contributed by atoms with Crippen LogP contribution in [0.2, 0.25) is 5.02 Å². The zero-order valence-corrected chi connectivity index (χ0v) is 18.5. The fourth-order valence-corrected chi connectivity index (χ4v) is 3.30. The van der Waals surface area contributed by atoms with Crippen molar-refractivity contribution in [1.29, 1.82) is 0 Å². The lowest BCUT2D eigenvalue weighted by Gasteiger charge is -2.30. The third-order valence-electron chi connectivity index (χ3n) is 4.88. The van der Waals surface area contributed by atoms with Crippen molar-refractivity contribution in [3.05, 3.63) is 63.7 Å². The van der Waals surface area contributed by atoms with E-state index in [1.807, 2.05) is 64.1 Å². The number of nitrogens with zero attached hydrogens (tertiary/aromatic N) is 1. The predicted octanol–water partition coefficient (Wildman–Crippen LogP) is 4.20. The molecule has 5 nitrogen and oxygen atoms in total. The van der Waals surface area contributed by atoms with Gasteiger partial charge < -0.3 is 15.0 Å². The summed E-state index contributed by atoms with van der Waals surface area (Å²) in [6, 6.07) is 11.0. The van der Waals surface area contributed by atoms with Gasteiger partial charge in [-0.1, -0.05) is 48.4 Å². The van der Waals surface area contributed by atoms with Crippen molar-refractivity contribution >= 4 is 23.4 Å². The Labute approximate surface area is 178 Å². The van der Waals surface area contributed by atoms with Crippen LogP contribution in [0, 0.1) is 20.8 Å². The molecule has 156 valence electrons. The molecule has 2 rings (SSSR count). The van der Waals surface area contributed by atoms with Gasteiger partial charge in [0.05, 0.1) is 0 Å². The van der Waals surface area contributed by atoms with E-state index in [-0.39, 0.29) is 18.4 Å². The summed E-state index contributed by atoms with van der Waals surface area (Å²) in [7, 11) is 1.58. The fourth-order valence-electron chi connectivity index (χ4n) is 3.19. The minimum absolute atomic E-state index is 0.153. The standard InChI is InChI=1S/C23H29ClN2O3/c1-6-20(23(28)25-5)26(13-18-9-7-15(2)8-10-18)21(27)14-29-19-11-16(3)22(24)17(4)12-19/h7-12,20H,6,13-14H2,1-5H3,(H,25,28). The Morgan fingerprint density at radius 3 is 2.21 bits per heavy atom. The molecular formula is C23H29ClN2O3. The Morgan fingerprint density at radius 1 is 1.10 bits per heavy atom. The average molecular weight is 417 g/mol. The first-order valence-corrected chi connectivity index (χ1v) is 10.1. The minimum Gasteiger partial charge on any atom is -0.484 e. The predicted molar refractivity (Wildman–Crippen MR) is 116 cm³/mol. The SMILES string of the molecule is CCC(C(=O)NC)N(Cc1ccc(C)cc1)C(=O)COc1cc(C)c(Cl)c(C)c1. The van der Waals surface area contributed by atoms with Gasteiger partial charge in [-0.2, -0.15) is 0 Å². The quantitative estimate of drug-likeness (QED) is 0.701. The van der Waals surface area contributed by atoms with Crippen molar-refractivity contribution in [3.8, 4) is 5.75 Å². The smallest absolute Gasteiger partial charge is 0.261 e. The summed E-state index contributed by atoms with van der Waals surface area (Å²) in [5, 5.41) is 3.34. The van der Waals surface area contributed by atoms with E-state index in [2.05, 4.69) is 5.32 Å². The molecule has 29 heavy (non-hydrogen) atoms. The second-order valence-electron chi connectivity index (χ2n) is 7.21. The van der Waals surface area contributed by atoms with Crippen molar-refractivity contribution in [1.82, 2.24) is 10.2 Å². The van der Waals surface area contributed by atoms with Crippen molar-refractivity contribution in [3.63, 3.8) is 0 Å². The molecule has 0 bridgehead atoms. The molecule has 0 heterocycles. The van der Waals surface area contributed by atoms with Crippen molar-refractivity contribution in [2.75, 3.05) is 13.7 Å². The maximum atomic E-state index is 13.0. The third kappa shape index (κ3) is 5.97. The molecule has 0 fully saturated rings. The molecule has 2 amide bonds. The highest BCUT2D eigenvalue weighted by molar-refractivity contribution is 6.32. The molecule has 0 aliphatic rings. The molecule has 1 atom stereocenters. The summed E-state index contributed by atoms with van der Waals surface area (Å²) in [5.41, 5.74) is 3.89. The molecule has 0 radical (unpaired) electrons. The monoisotopic (exact) mass is 416 g/mol. The van der Waals surface area contributed by atoms with E-state index >= 15 is 0 Å². The first kappa shape index (κ1) is 22.8. The van der Waals surface area contributed by atoms with Gasteiger partial charge in [0.15, 0.2) is 6.61 Å². The third-order valence-corrected chi connectivity index (χ3v) is 5.47. The van der Waals surface area contributed by atoms with Gasteiger partial charge in [-0.3, -0.25) is 9.59 Å². The molecule has 2 aromatic rings. The van der Waals surface area contributed by atoms with Crippen LogP contribution in [-0.2, 0) is 16.1 Å². The van der Waals surface area contributed by atoms with Crippen molar-refractivity contribution in [2.24, 2.45) is 0 Å². The molecule has 0 saturated heterocycles. The maximum absolute atomic E-state index is 13.0. The Balaban J connectivity index is 2.21. The number of halogens is 1. The summed E-state index contributed by atoms with van der Waals surface area (Å²) in [5.74, 6) is 0.151. The number of hydrogen-bond donors (Lipinski definition) is 1. The lowest BCUT2D eigenvalue weighted by Crippen LogP contribution is -2.49. The van der Waals surface area contributed by atoms with Gasteiger partial charge in [-0.15, -0.1) is 0 Å². The number of likely N-dealkylation sites (N-methyl/N-ethyl adjacent to an activating group) is 1. The van der Waals surface area contributed by atoms with Crippen LogP contribution in [0.25, 0.3) is 0 Å². The second kappa shape index (κ2) is 10.3. The van der Waals surface area contributed by atoms with Crippen LogP contribution in [0.15, 0.2) is 36.4 Å². The molecule has 0 saturated carbocycles. The molecule has 1 N–H and O–H groups in total. The number of carbonyl (C=O) groups excluding carboxylic acids is 2. The van der Waals surface area contributed by atoms with Crippen molar-refractivity contribution < 1.29 is 14.3 Å². The molecule has 0 aromatic heterocycles. The lowest BCUT2D eigenvalue weighted by atomic mass is 10.1. The second-order valence-corrected chi connectivity index (χ2v) is 7.58. The Hall–Kier alpha value is -2.53. The summed E-state index contributed by atoms with van der Waals surface area (Å²) in [6.07, 6.45) is 0.510. The molecule has 0 aliphatic heterocycles. The molecule has 6 heteroatoms. The van der Waals surface area contributed by atoms with E-state index in [0.717, 1.165) is 22.3 Å². The number of benzene rings is 2. The number of ether oxygens (including phenoxy) is 1. The first-order valence-electron chi connectivity index (χ1n) is 9.73. The van der Waals surface area contributed by atoms with E-state index in [4.69, 9.17) is 16.3 Å². The molecule has 2 aromatic carbocycles. The number of rotatable bonds is 8. The zero-order valence-electron chi connectivity index (χ0n) is 17.7. The highest BCUT2D eigenvalue weighted by Crippen LogP contribution is 2.26. The summed E-state index contributed by atoms with van der Waals surface area (Å²) in [4.78, 5) is 27.0. The van der Waals surface area contributed by atoms with Crippen LogP contribution in [0.3, 0.4) is 0 Å². The van der Waals surface area contributed by atoms with E-state index in [1.54, 1.807) is 11.9 Å². The van der Waals surface area contributed by atoms with Gasteiger partial charge in [0.25, 0.3) is 5.91 Å². The number of hydrogen-bond acceptors (Lipinski definition) is 3. The number of carbonyl (C=O) groups is 2. The van der Waals surface area contributed by atoms with Crippen LogP contribution in [0.4, 0.5) is 0 Å². The molecule has 0 aliphatic carbocycles. The van der Waals surface area contributed by atoms with E-state index < -0.39 is 6.04 Å². The van der Waals surface area contributed by atoms with Gasteiger partial charge >= 0.3 is 0 Å². The van der Waals surface area contributed by atoms with Crippen LogP contribution in [0.5, 0.6) is 5.75 Å². The topological polar surface area (TPSA) is 58.6 Å². The van der Waals surface area contributed by atoms with Crippen molar-refractivity contribution in [2.45, 2.75) is 46.7 Å². The van der Waals surface area contributed by atoms with Gasteiger partial charge in [0.1, 0.15) is 11.8 Å². The molecule has 1 unspecified atom stereocenters. The number of aryl methyl sites for hydroxylation is 3. The first-order chi connectivity index (χ1) is 13.8. The number of nitrogens with one attached hydrogen (secondary N) is 1. The minimum atomic E-state index is -0.564. The van der Waals surface area contributed by atoms with Gasteiger partial charge in [0, 0.05) is 18.6 Å². The summed E-state index contributed by atoms with van der Waals surface area (Å²) < 4.78 is 5.75. The van der Waals surface area contributed by atoms with Gasteiger partial charge in [-0.25, -0.2) is 0 Å².